The van der Waals surface area contributed by atoms with E-state index in [0.29, 0.717) is 34.8 Å². The summed E-state index contributed by atoms with van der Waals surface area (Å²) < 4.78 is 25.9. The minimum atomic E-state index is -1.15. The molecule has 38 heavy (non-hydrogen) atoms. The van der Waals surface area contributed by atoms with Crippen LogP contribution in [0, 0.1) is 6.92 Å². The second-order valence-corrected chi connectivity index (χ2v) is 10.2. The molecular weight excluding hydrogens is 480 g/mol. The maximum absolute atomic E-state index is 11.3. The number of fused-ring (bicyclic) bond motifs is 8. The first kappa shape index (κ1) is 22.8. The summed E-state index contributed by atoms with van der Waals surface area (Å²) in [6.45, 7) is 1.70. The van der Waals surface area contributed by atoms with Gasteiger partial charge >= 0.3 is 0 Å². The summed E-state index contributed by atoms with van der Waals surface area (Å²) in [5, 5.41) is 21.9. The zero-order chi connectivity index (χ0) is 26.0. The van der Waals surface area contributed by atoms with E-state index in [9.17, 15) is 10.2 Å². The molecule has 2 bridgehead atoms. The first-order chi connectivity index (χ1) is 18.5. The summed E-state index contributed by atoms with van der Waals surface area (Å²) in [6.07, 6.45) is 1.93. The lowest BCUT2D eigenvalue weighted by Gasteiger charge is -2.47. The highest BCUT2D eigenvalue weighted by Crippen LogP contribution is 2.62. The molecule has 3 heterocycles. The Hall–Kier alpha value is -4.32. The molecule has 0 amide bonds. The maximum atomic E-state index is 11.3. The van der Waals surface area contributed by atoms with E-state index >= 15 is 0 Å². The zero-order valence-corrected chi connectivity index (χ0v) is 21.2. The Morgan fingerprint density at radius 3 is 2.29 bits per heavy atom. The summed E-state index contributed by atoms with van der Waals surface area (Å²) in [5.41, 5.74) is 4.88. The van der Waals surface area contributed by atoms with Gasteiger partial charge in [-0.15, -0.1) is 0 Å². The van der Waals surface area contributed by atoms with Crippen molar-refractivity contribution in [3.63, 3.8) is 0 Å². The largest absolute Gasteiger partial charge is 0.507 e. The molecule has 7 rings (SSSR count). The van der Waals surface area contributed by atoms with Crippen LogP contribution in [0.5, 0.6) is 34.5 Å². The molecule has 4 aromatic carbocycles. The number of phenolic OH excluding ortho intramolecular Hbond substituents is 2. The monoisotopic (exact) mass is 508 g/mol. The summed E-state index contributed by atoms with van der Waals surface area (Å²) >= 11 is 0. The van der Waals surface area contributed by atoms with E-state index in [4.69, 9.17) is 18.9 Å². The van der Waals surface area contributed by atoms with E-state index in [1.807, 2.05) is 54.6 Å². The quantitative estimate of drug-likeness (QED) is 0.323. The fourth-order valence-corrected chi connectivity index (χ4v) is 6.19. The smallest absolute Gasteiger partial charge is 0.278 e. The van der Waals surface area contributed by atoms with E-state index in [0.717, 1.165) is 40.8 Å². The van der Waals surface area contributed by atoms with Crippen LogP contribution in [-0.4, -0.2) is 17.3 Å². The lowest BCUT2D eigenvalue weighted by atomic mass is 9.76. The van der Waals surface area contributed by atoms with Crippen LogP contribution >= 0.6 is 0 Å². The number of benzene rings is 4. The molecule has 0 spiro atoms. The van der Waals surface area contributed by atoms with E-state index < -0.39 is 5.79 Å². The standard InChI is InChI=1S/C32H28O6/c1-18-23(33)15-26-28(30(18)34)22-17-32(37-26,20-11-7-4-8-12-20)38-27-16-25(35-2)21-13-14-24(36-31(21)29(22)27)19-9-5-3-6-10-19/h3-12,15-16,22,24,33-34H,13-14,17H2,1-2H3/t22-,24-,32-/m0/s1. The molecule has 3 aliphatic rings. The van der Waals surface area contributed by atoms with E-state index in [-0.39, 0.29) is 23.5 Å². The van der Waals surface area contributed by atoms with Gasteiger partial charge in [-0.1, -0.05) is 60.7 Å². The number of phenols is 2. The molecule has 6 nitrogen and oxygen atoms in total. The van der Waals surface area contributed by atoms with Crippen molar-refractivity contribution in [2.24, 2.45) is 0 Å². The lowest BCUT2D eigenvalue weighted by molar-refractivity contribution is -0.149. The Bertz CT molecular complexity index is 1550. The molecule has 0 aliphatic carbocycles. The number of ether oxygens (including phenoxy) is 4. The predicted octanol–water partition coefficient (Wildman–Crippen LogP) is 6.64. The molecule has 3 aliphatic heterocycles. The van der Waals surface area contributed by atoms with Crippen molar-refractivity contribution in [2.75, 3.05) is 7.11 Å². The molecule has 0 saturated carbocycles. The van der Waals surface area contributed by atoms with Gasteiger partial charge in [-0.05, 0) is 25.3 Å². The van der Waals surface area contributed by atoms with Crippen molar-refractivity contribution >= 4 is 0 Å². The molecule has 6 heteroatoms. The van der Waals surface area contributed by atoms with Gasteiger partial charge in [-0.2, -0.15) is 0 Å². The topological polar surface area (TPSA) is 77.4 Å². The van der Waals surface area contributed by atoms with Gasteiger partial charge in [0.1, 0.15) is 40.6 Å². The van der Waals surface area contributed by atoms with Crippen molar-refractivity contribution in [3.05, 3.63) is 106 Å². The van der Waals surface area contributed by atoms with Gasteiger partial charge in [0.05, 0.1) is 7.11 Å². The third kappa shape index (κ3) is 3.26. The van der Waals surface area contributed by atoms with Gasteiger partial charge in [0.2, 0.25) is 0 Å². The maximum Gasteiger partial charge on any atom is 0.278 e. The van der Waals surface area contributed by atoms with Crippen LogP contribution in [0.2, 0.25) is 0 Å². The highest BCUT2D eigenvalue weighted by Gasteiger charge is 2.53. The van der Waals surface area contributed by atoms with E-state index in [2.05, 4.69) is 12.1 Å². The first-order valence-electron chi connectivity index (χ1n) is 12.9. The number of aromatic hydroxyl groups is 2. The lowest BCUT2D eigenvalue weighted by Crippen LogP contribution is -2.47. The molecule has 4 aromatic rings. The van der Waals surface area contributed by atoms with Crippen LogP contribution in [0.4, 0.5) is 0 Å². The molecule has 192 valence electrons. The summed E-state index contributed by atoms with van der Waals surface area (Å²) in [6, 6.07) is 23.5. The molecule has 2 N–H and O–H groups in total. The number of hydrogen-bond acceptors (Lipinski definition) is 6. The van der Waals surface area contributed by atoms with Crippen LogP contribution in [-0.2, 0) is 12.2 Å². The Balaban J connectivity index is 1.48. The Morgan fingerprint density at radius 2 is 1.58 bits per heavy atom. The fraction of sp³-hybridized carbons (Fsp3) is 0.250. The van der Waals surface area contributed by atoms with E-state index in [1.165, 1.54) is 0 Å². The highest BCUT2D eigenvalue weighted by molar-refractivity contribution is 5.68. The summed E-state index contributed by atoms with van der Waals surface area (Å²) in [4.78, 5) is 0. The highest BCUT2D eigenvalue weighted by atomic mass is 16.7. The van der Waals surface area contributed by atoms with Crippen LogP contribution in [0.3, 0.4) is 0 Å². The molecule has 0 aromatic heterocycles. The van der Waals surface area contributed by atoms with Crippen LogP contribution < -0.4 is 18.9 Å². The molecule has 0 saturated heterocycles. The summed E-state index contributed by atoms with van der Waals surface area (Å²) in [7, 11) is 1.66. The Labute approximate surface area is 221 Å². The van der Waals surface area contributed by atoms with E-state index in [1.54, 1.807) is 20.1 Å². The Kier molecular flexibility index (Phi) is 5.02. The van der Waals surface area contributed by atoms with Gasteiger partial charge in [0, 0.05) is 52.3 Å². The number of methoxy groups -OCH3 is 1. The average molecular weight is 509 g/mol. The zero-order valence-electron chi connectivity index (χ0n) is 21.2. The van der Waals surface area contributed by atoms with Gasteiger partial charge in [0.25, 0.3) is 5.79 Å². The minimum absolute atomic E-state index is 0.0261. The van der Waals surface area contributed by atoms with Crippen LogP contribution in [0.25, 0.3) is 0 Å². The third-order valence-corrected chi connectivity index (χ3v) is 8.11. The minimum Gasteiger partial charge on any atom is -0.507 e. The second kappa shape index (κ2) is 8.35. The normalized spacial score (nSPS) is 22.6. The van der Waals surface area contributed by atoms with Crippen molar-refractivity contribution in [1.29, 1.82) is 0 Å². The van der Waals surface area contributed by atoms with Gasteiger partial charge in [0.15, 0.2) is 0 Å². The molecule has 3 atom stereocenters. The molecule has 0 radical (unpaired) electrons. The molecule has 0 unspecified atom stereocenters. The molecule has 0 fully saturated rings. The van der Waals surface area contributed by atoms with Crippen molar-refractivity contribution in [1.82, 2.24) is 0 Å². The number of hydrogen-bond donors (Lipinski definition) is 2. The van der Waals surface area contributed by atoms with Crippen molar-refractivity contribution < 1.29 is 29.2 Å². The average Bonchev–Trinajstić information content (AvgIpc) is 2.95. The predicted molar refractivity (Wildman–Crippen MR) is 141 cm³/mol. The SMILES string of the molecule is COc1cc2c(c3c1CC[C@@H](c1ccccc1)O3)[C@H]1C[C@](c3ccccc3)(Oc3cc(O)c(C)c(O)c31)O2. The van der Waals surface area contributed by atoms with Gasteiger partial charge < -0.3 is 29.2 Å². The van der Waals surface area contributed by atoms with Crippen molar-refractivity contribution in [2.45, 2.75) is 44.0 Å². The number of rotatable bonds is 3. The first-order valence-corrected chi connectivity index (χ1v) is 12.9. The van der Waals surface area contributed by atoms with Crippen LogP contribution in [0.15, 0.2) is 72.8 Å². The molecular formula is C32H28O6. The van der Waals surface area contributed by atoms with Crippen LogP contribution in [0.1, 0.15) is 58.2 Å². The van der Waals surface area contributed by atoms with Gasteiger partial charge in [-0.3, -0.25) is 0 Å². The van der Waals surface area contributed by atoms with Gasteiger partial charge in [-0.25, -0.2) is 0 Å². The third-order valence-electron chi connectivity index (χ3n) is 8.11. The fourth-order valence-electron chi connectivity index (χ4n) is 6.19. The Morgan fingerprint density at radius 1 is 0.895 bits per heavy atom. The van der Waals surface area contributed by atoms with Crippen molar-refractivity contribution in [3.8, 4) is 34.5 Å². The summed E-state index contributed by atoms with van der Waals surface area (Å²) in [5.74, 6) is 1.01. The second-order valence-electron chi connectivity index (χ2n) is 10.2.